The number of unbranched alkanes of at least 4 members (excludes halogenated alkanes) is 1. The molecule has 0 amide bonds. The van der Waals surface area contributed by atoms with Crippen LogP contribution in [0.1, 0.15) is 51.7 Å². The van der Waals surface area contributed by atoms with Gasteiger partial charge in [-0.1, -0.05) is 191 Å². The van der Waals surface area contributed by atoms with Crippen molar-refractivity contribution in [3.63, 3.8) is 0 Å². The van der Waals surface area contributed by atoms with Crippen LogP contribution in [0.5, 0.6) is 0 Å². The predicted octanol–water partition coefficient (Wildman–Crippen LogP) is 19.0. The van der Waals surface area contributed by atoms with E-state index in [-0.39, 0.29) is 12.1 Å². The van der Waals surface area contributed by atoms with Gasteiger partial charge >= 0.3 is 0 Å². The predicted molar refractivity (Wildman–Crippen MR) is 346 cm³/mol. The molecule has 0 unspecified atom stereocenters. The maximum absolute atomic E-state index is 2.71. The van der Waals surface area contributed by atoms with Gasteiger partial charge in [0.05, 0.1) is 22.1 Å². The van der Waals surface area contributed by atoms with Crippen molar-refractivity contribution < 1.29 is 0 Å². The Morgan fingerprint density at radius 2 is 0.988 bits per heavy atom. The van der Waals surface area contributed by atoms with E-state index in [1.165, 1.54) is 146 Å². The molecule has 0 bridgehead atoms. The maximum atomic E-state index is 2.71. The summed E-state index contributed by atoms with van der Waals surface area (Å²) < 4.78 is 7.70. The molecule has 2 aliphatic heterocycles. The SMILES string of the molecule is CCCCc1cc2sc3ccccc3c2cc1N1c2cc(-n3c4ccccc4c4cc(-c5ccccc5)ccc43)ccc2B2c3ccc(-n4c5ccccc5c5cc(-c6ccccc6)ccc54)cc3Sc3cc(C(C)(C)C)cc1c32. The topological polar surface area (TPSA) is 13.1 Å². The molecule has 5 heterocycles. The third-order valence-electron chi connectivity index (χ3n) is 17.3. The van der Waals surface area contributed by atoms with E-state index in [0.717, 1.165) is 24.9 Å². The summed E-state index contributed by atoms with van der Waals surface area (Å²) in [5.41, 5.74) is 22.6. The fourth-order valence-corrected chi connectivity index (χ4v) is 15.8. The minimum absolute atomic E-state index is 0.00239. The van der Waals surface area contributed by atoms with Crippen LogP contribution in [-0.4, -0.2) is 15.8 Å². The summed E-state index contributed by atoms with van der Waals surface area (Å²) in [4.78, 5) is 5.35. The number of fused-ring (bicyclic) bond motifs is 13. The molecule has 0 spiro atoms. The molecule has 0 fully saturated rings. The number of hydrogen-bond acceptors (Lipinski definition) is 3. The monoisotopic (exact) mass is 1060 g/mol. The van der Waals surface area contributed by atoms with Crippen LogP contribution in [0.3, 0.4) is 0 Å². The number of anilines is 3. The standard InChI is InChI=1S/C74H56BN3S2/c1-5-6-19-50-40-70-59(56-26-15-18-29-69(56)79-70)45-66(50)78-67-43-52(76-62-27-16-13-24-54(62)57-38-48(30-36-64(57)76)46-20-9-7-10-21-46)32-34-60(67)75-61-35-33-53(44-71(61)80-72-42-51(74(2,3)4)41-68(78)73(72)75)77-63-28-17-14-25-55(63)58-39-49(31-37-65(58)77)47-22-11-8-12-23-47/h7-18,20-45H,5-6,19H2,1-4H3. The van der Waals surface area contributed by atoms with Gasteiger partial charge in [-0.15, -0.1) is 11.3 Å². The number of thiophene rings is 1. The Labute approximate surface area is 475 Å². The quantitative estimate of drug-likeness (QED) is 0.141. The first-order valence-corrected chi connectivity index (χ1v) is 30.0. The molecule has 3 nitrogen and oxygen atoms in total. The molecule has 0 aliphatic carbocycles. The highest BCUT2D eigenvalue weighted by atomic mass is 32.2. The van der Waals surface area contributed by atoms with Gasteiger partial charge in [0.2, 0.25) is 6.71 Å². The Kier molecular flexibility index (Phi) is 10.8. The Hall–Kier alpha value is -8.55. The third kappa shape index (κ3) is 7.35. The van der Waals surface area contributed by atoms with Gasteiger partial charge in [0, 0.05) is 79.9 Å². The van der Waals surface area contributed by atoms with Crippen molar-refractivity contribution in [1.82, 2.24) is 9.13 Å². The van der Waals surface area contributed by atoms with Gasteiger partial charge in [0.15, 0.2) is 0 Å². The summed E-state index contributed by atoms with van der Waals surface area (Å²) in [6, 6.07) is 87.5. The summed E-state index contributed by atoms with van der Waals surface area (Å²) in [5, 5.41) is 7.69. The van der Waals surface area contributed by atoms with Crippen molar-refractivity contribution in [1.29, 1.82) is 0 Å². The number of aromatic nitrogens is 2. The van der Waals surface area contributed by atoms with E-state index in [1.807, 2.05) is 23.1 Å². The molecule has 0 saturated carbocycles. The number of rotatable bonds is 8. The van der Waals surface area contributed by atoms with Crippen molar-refractivity contribution in [2.24, 2.45) is 0 Å². The largest absolute Gasteiger partial charge is 0.311 e. The molecule has 2 aliphatic rings. The zero-order valence-corrected chi connectivity index (χ0v) is 46.9. The van der Waals surface area contributed by atoms with Crippen LogP contribution < -0.4 is 21.3 Å². The fourth-order valence-electron chi connectivity index (χ4n) is 13.4. The summed E-state index contributed by atoms with van der Waals surface area (Å²) >= 11 is 3.88. The molecule has 11 aromatic carbocycles. The molecular weight excluding hydrogens is 1010 g/mol. The van der Waals surface area contributed by atoms with E-state index in [9.17, 15) is 0 Å². The molecule has 80 heavy (non-hydrogen) atoms. The second-order valence-electron chi connectivity index (χ2n) is 23.1. The van der Waals surface area contributed by atoms with Crippen molar-refractivity contribution in [3.8, 4) is 33.6 Å². The lowest BCUT2D eigenvalue weighted by molar-refractivity contribution is 0.589. The zero-order valence-electron chi connectivity index (χ0n) is 45.3. The second-order valence-corrected chi connectivity index (χ2v) is 25.2. The smallest absolute Gasteiger partial charge is 0.249 e. The molecule has 16 rings (SSSR count). The Balaban J connectivity index is 0.950. The van der Waals surface area contributed by atoms with Crippen LogP contribution in [0, 0.1) is 0 Å². The lowest BCUT2D eigenvalue weighted by atomic mass is 9.34. The summed E-state index contributed by atoms with van der Waals surface area (Å²) in [5.74, 6) is 0. The fraction of sp³-hybridized carbons (Fsp3) is 0.108. The highest BCUT2D eigenvalue weighted by Crippen LogP contribution is 2.49. The minimum Gasteiger partial charge on any atom is -0.311 e. The van der Waals surface area contributed by atoms with Crippen LogP contribution >= 0.6 is 23.1 Å². The van der Waals surface area contributed by atoms with E-state index in [2.05, 4.69) is 272 Å². The second kappa shape index (κ2) is 18.3. The third-order valence-corrected chi connectivity index (χ3v) is 19.6. The van der Waals surface area contributed by atoms with Crippen molar-refractivity contribution >= 4 is 127 Å². The number of nitrogens with zero attached hydrogens (tertiary/aromatic N) is 3. The molecule has 6 heteroatoms. The Bertz CT molecular complexity index is 4850. The first kappa shape index (κ1) is 47.5. The molecule has 14 aromatic rings. The van der Waals surface area contributed by atoms with Gasteiger partial charge in [-0.2, -0.15) is 0 Å². The van der Waals surface area contributed by atoms with Crippen molar-refractivity contribution in [2.75, 3.05) is 4.90 Å². The Morgan fingerprint density at radius 3 is 1.62 bits per heavy atom. The first-order chi connectivity index (χ1) is 39.3. The van der Waals surface area contributed by atoms with Crippen LogP contribution in [0.4, 0.5) is 17.1 Å². The molecule has 382 valence electrons. The van der Waals surface area contributed by atoms with Crippen LogP contribution in [-0.2, 0) is 11.8 Å². The van der Waals surface area contributed by atoms with Gasteiger partial charge < -0.3 is 14.0 Å². The van der Waals surface area contributed by atoms with E-state index in [1.54, 1.807) is 0 Å². The van der Waals surface area contributed by atoms with E-state index in [0.29, 0.717) is 0 Å². The average molecular weight is 1060 g/mol. The summed E-state index contributed by atoms with van der Waals surface area (Å²) in [7, 11) is 0. The van der Waals surface area contributed by atoms with Gasteiger partial charge in [-0.3, -0.25) is 0 Å². The van der Waals surface area contributed by atoms with Gasteiger partial charge in [-0.05, 0) is 154 Å². The molecule has 0 N–H and O–H groups in total. The van der Waals surface area contributed by atoms with Crippen LogP contribution in [0.25, 0.3) is 97.4 Å². The van der Waals surface area contributed by atoms with E-state index < -0.39 is 0 Å². The normalized spacial score (nSPS) is 13.1. The molecular formula is C74H56BN3S2. The lowest BCUT2D eigenvalue weighted by Crippen LogP contribution is -2.60. The lowest BCUT2D eigenvalue weighted by Gasteiger charge is -2.42. The number of benzene rings is 11. The Morgan fingerprint density at radius 1 is 0.412 bits per heavy atom. The highest BCUT2D eigenvalue weighted by molar-refractivity contribution is 8.00. The number of aryl methyl sites for hydroxylation is 1. The molecule has 0 radical (unpaired) electrons. The first-order valence-electron chi connectivity index (χ1n) is 28.3. The van der Waals surface area contributed by atoms with Gasteiger partial charge in [0.25, 0.3) is 0 Å². The average Bonchev–Trinajstić information content (AvgIpc) is 4.24. The van der Waals surface area contributed by atoms with E-state index in [4.69, 9.17) is 0 Å². The minimum atomic E-state index is -0.112. The van der Waals surface area contributed by atoms with Crippen molar-refractivity contribution in [3.05, 3.63) is 242 Å². The molecule has 0 atom stereocenters. The van der Waals surface area contributed by atoms with Crippen molar-refractivity contribution in [2.45, 2.75) is 62.2 Å². The van der Waals surface area contributed by atoms with Crippen LogP contribution in [0.2, 0.25) is 0 Å². The summed E-state index contributed by atoms with van der Waals surface area (Å²) in [6.07, 6.45) is 3.24. The zero-order chi connectivity index (χ0) is 53.4. The van der Waals surface area contributed by atoms with Crippen LogP contribution in [0.15, 0.2) is 240 Å². The molecule has 3 aromatic heterocycles. The van der Waals surface area contributed by atoms with Gasteiger partial charge in [-0.25, -0.2) is 0 Å². The number of hydrogen-bond donors (Lipinski definition) is 0. The maximum Gasteiger partial charge on any atom is 0.249 e. The van der Waals surface area contributed by atoms with Gasteiger partial charge in [0.1, 0.15) is 0 Å². The van der Waals surface area contributed by atoms with E-state index >= 15 is 0 Å². The number of para-hydroxylation sites is 2. The summed E-state index contributed by atoms with van der Waals surface area (Å²) in [6.45, 7) is 9.47. The highest BCUT2D eigenvalue weighted by Gasteiger charge is 2.43. The molecule has 0 saturated heterocycles.